The number of urea groups is 1. The van der Waals surface area contributed by atoms with Gasteiger partial charge in [-0.15, -0.1) is 0 Å². The van der Waals surface area contributed by atoms with Gasteiger partial charge in [0.15, 0.2) is 5.78 Å². The predicted octanol–water partition coefficient (Wildman–Crippen LogP) is 9.34. The van der Waals surface area contributed by atoms with E-state index in [9.17, 15) is 19.8 Å². The lowest BCUT2D eigenvalue weighted by atomic mass is 9.64. The van der Waals surface area contributed by atoms with Gasteiger partial charge in [0.2, 0.25) is 0 Å². The largest absolute Gasteiger partial charge is 0.393 e. The van der Waals surface area contributed by atoms with Crippen LogP contribution in [0.3, 0.4) is 0 Å². The molecule has 1 heterocycles. The fourth-order valence-electron chi connectivity index (χ4n) is 9.19. The molecule has 3 aliphatic carbocycles. The monoisotopic (exact) mass is 726 g/mol. The number of carbonyl (C=O) groups excluding carboxylic acids is 2. The summed E-state index contributed by atoms with van der Waals surface area (Å²) >= 11 is 0. The highest BCUT2D eigenvalue weighted by molar-refractivity contribution is 6.13. The zero-order chi connectivity index (χ0) is 37.7. The van der Waals surface area contributed by atoms with Gasteiger partial charge in [-0.3, -0.25) is 4.79 Å². The van der Waals surface area contributed by atoms with E-state index < -0.39 is 17.1 Å². The molecule has 5 unspecified atom stereocenters. The second-order valence-electron chi connectivity index (χ2n) is 16.0. The molecule has 54 heavy (non-hydrogen) atoms. The summed E-state index contributed by atoms with van der Waals surface area (Å²) in [6.45, 7) is 5.49. The van der Waals surface area contributed by atoms with Crippen molar-refractivity contribution < 1.29 is 24.5 Å². The number of hydrogen-bond acceptors (Lipinski definition) is 5. The number of ether oxygens (including phenoxy) is 1. The third-order valence-corrected chi connectivity index (χ3v) is 12.4. The fourth-order valence-corrected chi connectivity index (χ4v) is 9.19. The van der Waals surface area contributed by atoms with Gasteiger partial charge < -0.3 is 25.2 Å². The Kier molecular flexibility index (Phi) is 11.5. The summed E-state index contributed by atoms with van der Waals surface area (Å²) in [5, 5.41) is 27.3. The topological polar surface area (TPSA) is 99.1 Å². The summed E-state index contributed by atoms with van der Waals surface area (Å²) in [4.78, 5) is 30.8. The molecular formula is C47H54N2O5. The first-order chi connectivity index (χ1) is 26.1. The number of aliphatic hydroxyl groups is 2. The number of aliphatic hydroxyl groups excluding tert-OH is 1. The second kappa shape index (κ2) is 16.4. The molecule has 4 aromatic carbocycles. The van der Waals surface area contributed by atoms with Crippen molar-refractivity contribution in [2.75, 3.05) is 25.0 Å². The highest BCUT2D eigenvalue weighted by Gasteiger charge is 2.58. The minimum Gasteiger partial charge on any atom is -0.393 e. The van der Waals surface area contributed by atoms with Crippen LogP contribution in [0.15, 0.2) is 115 Å². The van der Waals surface area contributed by atoms with Gasteiger partial charge in [0, 0.05) is 35.4 Å². The lowest BCUT2D eigenvalue weighted by Gasteiger charge is -2.46. The molecule has 1 saturated heterocycles. The van der Waals surface area contributed by atoms with Crippen LogP contribution < -0.4 is 5.32 Å². The number of rotatable bonds is 8. The summed E-state index contributed by atoms with van der Waals surface area (Å²) in [6, 6.07) is 33.1. The second-order valence-corrected chi connectivity index (χ2v) is 16.0. The number of benzene rings is 4. The molecule has 3 N–H and O–H groups in total. The van der Waals surface area contributed by atoms with Crippen LogP contribution in [-0.4, -0.2) is 64.4 Å². The maximum Gasteiger partial charge on any atom is 0.322 e. The summed E-state index contributed by atoms with van der Waals surface area (Å²) in [5.41, 5.74) is 4.89. The Morgan fingerprint density at radius 3 is 2.39 bits per heavy atom. The number of nitrogens with one attached hydrogen (secondary N) is 1. The summed E-state index contributed by atoms with van der Waals surface area (Å²) in [6.07, 6.45) is 7.84. The number of fused-ring (bicyclic) bond motifs is 8. The van der Waals surface area contributed by atoms with E-state index in [0.717, 1.165) is 47.9 Å². The molecule has 4 aliphatic rings. The van der Waals surface area contributed by atoms with E-state index in [1.807, 2.05) is 91.0 Å². The molecular weight excluding hydrogens is 673 g/mol. The summed E-state index contributed by atoms with van der Waals surface area (Å²) in [7, 11) is 0. The number of amides is 2. The van der Waals surface area contributed by atoms with Crippen molar-refractivity contribution in [2.24, 2.45) is 5.41 Å². The minimum absolute atomic E-state index is 0.0661. The third-order valence-electron chi connectivity index (χ3n) is 12.4. The van der Waals surface area contributed by atoms with Gasteiger partial charge in [-0.25, -0.2) is 4.79 Å². The van der Waals surface area contributed by atoms with Crippen LogP contribution in [-0.2, 0) is 11.2 Å². The number of hydrogen-bond donors (Lipinski definition) is 3. The molecule has 7 nitrogen and oxygen atoms in total. The first-order valence-electron chi connectivity index (χ1n) is 19.7. The van der Waals surface area contributed by atoms with Crippen LogP contribution >= 0.6 is 0 Å². The van der Waals surface area contributed by atoms with Crippen LogP contribution in [0.1, 0.15) is 98.2 Å². The average Bonchev–Trinajstić information content (AvgIpc) is 3.79. The van der Waals surface area contributed by atoms with E-state index in [4.69, 9.17) is 4.74 Å². The molecule has 2 fully saturated rings. The van der Waals surface area contributed by atoms with Crippen molar-refractivity contribution >= 4 is 17.5 Å². The number of allylic oxidation sites excluding steroid dienone is 2. The quantitative estimate of drug-likeness (QED) is 0.124. The van der Waals surface area contributed by atoms with Crippen molar-refractivity contribution in [2.45, 2.75) is 95.4 Å². The Balaban J connectivity index is 1.30. The molecule has 2 bridgehead atoms. The van der Waals surface area contributed by atoms with Crippen molar-refractivity contribution in [3.63, 3.8) is 0 Å². The van der Waals surface area contributed by atoms with E-state index >= 15 is 0 Å². The number of anilines is 1. The zero-order valence-corrected chi connectivity index (χ0v) is 31.7. The molecule has 7 heteroatoms. The molecule has 4 aromatic rings. The van der Waals surface area contributed by atoms with Gasteiger partial charge in [0.1, 0.15) is 0 Å². The molecule has 5 atom stereocenters. The van der Waals surface area contributed by atoms with E-state index in [1.165, 1.54) is 5.57 Å². The Morgan fingerprint density at radius 1 is 0.889 bits per heavy atom. The van der Waals surface area contributed by atoms with Crippen LogP contribution in [0, 0.1) is 5.41 Å². The molecule has 0 aromatic heterocycles. The Morgan fingerprint density at radius 2 is 1.63 bits per heavy atom. The summed E-state index contributed by atoms with van der Waals surface area (Å²) < 4.78 is 6.02. The molecule has 1 saturated carbocycles. The van der Waals surface area contributed by atoms with E-state index in [2.05, 4.69) is 37.4 Å². The Hall–Kier alpha value is -4.56. The lowest BCUT2D eigenvalue weighted by molar-refractivity contribution is -0.0799. The van der Waals surface area contributed by atoms with E-state index in [1.54, 1.807) is 4.90 Å². The molecule has 2 amide bonds. The average molecular weight is 727 g/mol. The number of para-hydroxylation sites is 1. The molecule has 0 spiro atoms. The first kappa shape index (κ1) is 37.7. The standard InChI is InChI=1S/C47H54N2O5/c1-33-13-11-26-46(2)43(25-27-47(46,53)32-49(31-38-18-12-28-54-38)45(52)48-36-16-7-4-8-17-36)40-24-22-34(29-37(50)23-21-33)30-42(40)44(51)41-20-10-9-19-39(41)35-14-5-3-6-15-35/h3-10,13-17,19-20,22,24,30,37-38,43,50,53H,11-12,18,21,23,25-29,31-32H2,1-2H3,(H,48,52). The maximum atomic E-state index is 15.0. The smallest absolute Gasteiger partial charge is 0.322 e. The van der Waals surface area contributed by atoms with Crippen molar-refractivity contribution in [1.29, 1.82) is 0 Å². The SMILES string of the molecule is CC1=CCCC2(C)C(CCC2(O)CN(CC2CCCO2)C(=O)Nc2ccccc2)c2ccc(cc2C(=O)c2ccccc2-c2ccccc2)CC(O)CC1. The Labute approximate surface area is 320 Å². The lowest BCUT2D eigenvalue weighted by Crippen LogP contribution is -2.55. The fraction of sp³-hybridized carbons (Fsp3) is 0.404. The van der Waals surface area contributed by atoms with Crippen LogP contribution in [0.5, 0.6) is 0 Å². The first-order valence-corrected chi connectivity index (χ1v) is 19.7. The van der Waals surface area contributed by atoms with Gasteiger partial charge in [0.25, 0.3) is 0 Å². The van der Waals surface area contributed by atoms with Gasteiger partial charge >= 0.3 is 6.03 Å². The zero-order valence-electron chi connectivity index (χ0n) is 31.7. The van der Waals surface area contributed by atoms with Gasteiger partial charge in [-0.2, -0.15) is 0 Å². The van der Waals surface area contributed by atoms with Gasteiger partial charge in [-0.05, 0) is 111 Å². The normalized spacial score (nSPS) is 25.7. The van der Waals surface area contributed by atoms with Crippen molar-refractivity contribution in [3.05, 3.63) is 137 Å². The number of ketones is 1. The van der Waals surface area contributed by atoms with Crippen molar-refractivity contribution in [1.82, 2.24) is 4.90 Å². The molecule has 282 valence electrons. The van der Waals surface area contributed by atoms with E-state index in [0.29, 0.717) is 62.1 Å². The van der Waals surface area contributed by atoms with Crippen LogP contribution in [0.2, 0.25) is 0 Å². The van der Waals surface area contributed by atoms with E-state index in [-0.39, 0.29) is 30.4 Å². The molecule has 1 aliphatic heterocycles. The maximum absolute atomic E-state index is 15.0. The van der Waals surface area contributed by atoms with Gasteiger partial charge in [-0.1, -0.05) is 104 Å². The van der Waals surface area contributed by atoms with Crippen LogP contribution in [0.25, 0.3) is 11.1 Å². The minimum atomic E-state index is -1.25. The van der Waals surface area contributed by atoms with Crippen LogP contribution in [0.4, 0.5) is 10.5 Å². The predicted molar refractivity (Wildman–Crippen MR) is 215 cm³/mol. The highest BCUT2D eigenvalue weighted by Crippen LogP contribution is 2.59. The third kappa shape index (κ3) is 8.09. The highest BCUT2D eigenvalue weighted by atomic mass is 16.5. The van der Waals surface area contributed by atoms with Crippen molar-refractivity contribution in [3.8, 4) is 11.1 Å². The van der Waals surface area contributed by atoms with Gasteiger partial charge in [0.05, 0.1) is 24.4 Å². The number of nitrogens with zero attached hydrogens (tertiary/aromatic N) is 1. The molecule has 0 radical (unpaired) electrons. The molecule has 8 rings (SSSR count). The Bertz CT molecular complexity index is 1960. The summed E-state index contributed by atoms with van der Waals surface area (Å²) in [5.74, 6) is -0.230. The number of carbonyl (C=O) groups is 2.